The second-order valence-electron chi connectivity index (χ2n) is 5.70. The van der Waals surface area contributed by atoms with Crippen LogP contribution in [-0.2, 0) is 12.8 Å². The first kappa shape index (κ1) is 19.3. The van der Waals surface area contributed by atoms with Gasteiger partial charge in [0.1, 0.15) is 12.4 Å². The van der Waals surface area contributed by atoms with Gasteiger partial charge >= 0.3 is 6.18 Å². The molecular weight excluding hydrogens is 375 g/mol. The number of amides is 1. The van der Waals surface area contributed by atoms with Gasteiger partial charge in [-0.2, -0.15) is 13.2 Å². The van der Waals surface area contributed by atoms with Gasteiger partial charge in [-0.05, 0) is 36.4 Å². The summed E-state index contributed by atoms with van der Waals surface area (Å²) in [6.07, 6.45) is -4.58. The third-order valence-electron chi connectivity index (χ3n) is 3.81. The van der Waals surface area contributed by atoms with Crippen LogP contribution in [0.1, 0.15) is 21.9 Å². The normalized spacial score (nSPS) is 11.1. The van der Waals surface area contributed by atoms with Crippen molar-refractivity contribution in [3.05, 3.63) is 77.7 Å². The van der Waals surface area contributed by atoms with E-state index >= 15 is 0 Å². The second kappa shape index (κ2) is 8.08. The lowest BCUT2D eigenvalue weighted by molar-refractivity contribution is -0.136. The zero-order valence-corrected chi connectivity index (χ0v) is 14.7. The quantitative estimate of drug-likeness (QED) is 0.632. The summed E-state index contributed by atoms with van der Waals surface area (Å²) >= 11 is 0. The molecule has 0 unspecified atom stereocenters. The van der Waals surface area contributed by atoms with E-state index in [2.05, 4.69) is 5.32 Å². The van der Waals surface area contributed by atoms with Crippen molar-refractivity contribution in [3.63, 3.8) is 0 Å². The van der Waals surface area contributed by atoms with Crippen LogP contribution >= 0.6 is 0 Å². The number of nitrogens with one attached hydrogen (secondary N) is 1. The highest BCUT2D eigenvalue weighted by molar-refractivity contribution is 6.02. The Bertz CT molecular complexity index is 966. The van der Waals surface area contributed by atoms with Gasteiger partial charge in [0.15, 0.2) is 17.3 Å². The Morgan fingerprint density at radius 1 is 1.00 bits per heavy atom. The molecule has 1 aromatic heterocycles. The van der Waals surface area contributed by atoms with Crippen molar-refractivity contribution in [1.82, 2.24) is 0 Å². The summed E-state index contributed by atoms with van der Waals surface area (Å²) < 4.78 is 55.2. The average Bonchev–Trinajstić information content (AvgIpc) is 3.15. The first-order chi connectivity index (χ1) is 13.4. The largest absolute Gasteiger partial charge is 0.493 e. The van der Waals surface area contributed by atoms with Crippen molar-refractivity contribution in [3.8, 4) is 11.5 Å². The van der Waals surface area contributed by atoms with Crippen molar-refractivity contribution in [2.75, 3.05) is 12.4 Å². The lowest BCUT2D eigenvalue weighted by Gasteiger charge is -2.12. The van der Waals surface area contributed by atoms with Gasteiger partial charge in [-0.15, -0.1) is 0 Å². The molecule has 0 atom stereocenters. The number of alkyl halides is 3. The number of hydrogen-bond acceptors (Lipinski definition) is 4. The van der Waals surface area contributed by atoms with E-state index in [1.807, 2.05) is 0 Å². The van der Waals surface area contributed by atoms with E-state index in [4.69, 9.17) is 13.9 Å². The molecule has 0 bridgehead atoms. The first-order valence-electron chi connectivity index (χ1n) is 8.20. The van der Waals surface area contributed by atoms with Crippen LogP contribution in [0.3, 0.4) is 0 Å². The van der Waals surface area contributed by atoms with E-state index in [1.54, 1.807) is 24.3 Å². The maximum Gasteiger partial charge on any atom is 0.418 e. The third-order valence-corrected chi connectivity index (χ3v) is 3.81. The summed E-state index contributed by atoms with van der Waals surface area (Å²) in [4.78, 5) is 12.2. The van der Waals surface area contributed by atoms with Gasteiger partial charge in [0.05, 0.1) is 18.4 Å². The molecule has 1 amide bonds. The van der Waals surface area contributed by atoms with E-state index in [0.717, 1.165) is 6.07 Å². The van der Waals surface area contributed by atoms with Crippen LogP contribution in [0.5, 0.6) is 11.5 Å². The second-order valence-corrected chi connectivity index (χ2v) is 5.70. The standard InChI is InChI=1S/C20H16F3NO4/c1-26-16-8-4-5-9-17(16)27-12-13-10-11-18(28-13)19(25)24-15-7-3-2-6-14(15)20(21,22)23/h2-11H,12H2,1H3,(H,24,25). The van der Waals surface area contributed by atoms with Crippen molar-refractivity contribution in [2.45, 2.75) is 12.8 Å². The average molecular weight is 391 g/mol. The number of rotatable bonds is 6. The summed E-state index contributed by atoms with van der Waals surface area (Å²) in [6.45, 7) is 0.0206. The molecule has 0 radical (unpaired) electrons. The monoisotopic (exact) mass is 391 g/mol. The molecule has 0 aliphatic rings. The topological polar surface area (TPSA) is 60.7 Å². The molecule has 0 aliphatic carbocycles. The smallest absolute Gasteiger partial charge is 0.418 e. The van der Waals surface area contributed by atoms with Crippen molar-refractivity contribution in [2.24, 2.45) is 0 Å². The molecule has 5 nitrogen and oxygen atoms in total. The number of carbonyl (C=O) groups is 1. The molecule has 3 aromatic rings. The van der Waals surface area contributed by atoms with Crippen LogP contribution in [0.25, 0.3) is 0 Å². The molecule has 2 aromatic carbocycles. The molecule has 28 heavy (non-hydrogen) atoms. The van der Waals surface area contributed by atoms with Crippen molar-refractivity contribution in [1.29, 1.82) is 0 Å². The Hall–Kier alpha value is -3.42. The molecule has 146 valence electrons. The van der Waals surface area contributed by atoms with Gasteiger partial charge < -0.3 is 19.2 Å². The molecular formula is C20H16F3NO4. The van der Waals surface area contributed by atoms with Crippen LogP contribution in [-0.4, -0.2) is 13.0 Å². The lowest BCUT2D eigenvalue weighted by Crippen LogP contribution is -2.16. The number of carbonyl (C=O) groups excluding carboxylic acids is 1. The molecule has 0 saturated heterocycles. The minimum absolute atomic E-state index is 0.0206. The van der Waals surface area contributed by atoms with Crippen molar-refractivity contribution >= 4 is 11.6 Å². The van der Waals surface area contributed by atoms with Gasteiger partial charge in [-0.1, -0.05) is 24.3 Å². The molecule has 1 heterocycles. The summed E-state index contributed by atoms with van der Waals surface area (Å²) in [5, 5.41) is 2.23. The van der Waals surface area contributed by atoms with Gasteiger partial charge in [0, 0.05) is 0 Å². The Morgan fingerprint density at radius 3 is 2.39 bits per heavy atom. The third kappa shape index (κ3) is 4.46. The van der Waals surface area contributed by atoms with Crippen LogP contribution < -0.4 is 14.8 Å². The highest BCUT2D eigenvalue weighted by Gasteiger charge is 2.33. The van der Waals surface area contributed by atoms with Crippen LogP contribution in [0.2, 0.25) is 0 Å². The fraction of sp³-hybridized carbons (Fsp3) is 0.150. The summed E-state index contributed by atoms with van der Waals surface area (Å²) in [6, 6.07) is 14.6. The molecule has 0 spiro atoms. The van der Waals surface area contributed by atoms with Gasteiger partial charge in [0.2, 0.25) is 0 Å². The Balaban J connectivity index is 1.68. The number of anilines is 1. The van der Waals surface area contributed by atoms with E-state index in [0.29, 0.717) is 17.3 Å². The zero-order valence-electron chi connectivity index (χ0n) is 14.7. The van der Waals surface area contributed by atoms with Gasteiger partial charge in [0.25, 0.3) is 5.91 Å². The zero-order chi connectivity index (χ0) is 20.1. The fourth-order valence-corrected chi connectivity index (χ4v) is 2.49. The number of methoxy groups -OCH3 is 1. The summed E-state index contributed by atoms with van der Waals surface area (Å²) in [5.41, 5.74) is -1.28. The molecule has 1 N–H and O–H groups in total. The highest BCUT2D eigenvalue weighted by atomic mass is 19.4. The minimum atomic E-state index is -4.58. The Kier molecular flexibility index (Phi) is 5.58. The number of halogens is 3. The SMILES string of the molecule is COc1ccccc1OCc1ccc(C(=O)Nc2ccccc2C(F)(F)F)o1. The summed E-state index contributed by atoms with van der Waals surface area (Å²) in [7, 11) is 1.51. The van der Waals surface area contributed by atoms with Gasteiger partial charge in [-0.25, -0.2) is 0 Å². The number of ether oxygens (including phenoxy) is 2. The molecule has 0 saturated carbocycles. The summed E-state index contributed by atoms with van der Waals surface area (Å²) in [5.74, 6) is 0.443. The number of para-hydroxylation sites is 3. The predicted octanol–water partition coefficient (Wildman–Crippen LogP) is 5.14. The molecule has 8 heteroatoms. The van der Waals surface area contributed by atoms with E-state index in [-0.39, 0.29) is 18.1 Å². The Morgan fingerprint density at radius 2 is 1.68 bits per heavy atom. The predicted molar refractivity (Wildman–Crippen MR) is 95.4 cm³/mol. The fourth-order valence-electron chi connectivity index (χ4n) is 2.49. The van der Waals surface area contributed by atoms with E-state index < -0.39 is 17.6 Å². The molecule has 0 aliphatic heterocycles. The number of hydrogen-bond donors (Lipinski definition) is 1. The van der Waals surface area contributed by atoms with Crippen LogP contribution in [0.4, 0.5) is 18.9 Å². The van der Waals surface area contributed by atoms with Crippen molar-refractivity contribution < 1.29 is 31.9 Å². The maximum absolute atomic E-state index is 13.0. The number of benzene rings is 2. The van der Waals surface area contributed by atoms with E-state index in [1.165, 1.54) is 37.4 Å². The lowest BCUT2D eigenvalue weighted by atomic mass is 10.1. The number of furan rings is 1. The highest BCUT2D eigenvalue weighted by Crippen LogP contribution is 2.34. The first-order valence-corrected chi connectivity index (χ1v) is 8.20. The maximum atomic E-state index is 13.0. The minimum Gasteiger partial charge on any atom is -0.493 e. The Labute approximate surface area is 158 Å². The van der Waals surface area contributed by atoms with Gasteiger partial charge in [-0.3, -0.25) is 4.79 Å². The molecule has 3 rings (SSSR count). The van der Waals surface area contributed by atoms with Crippen LogP contribution in [0, 0.1) is 0 Å². The molecule has 0 fully saturated rings. The van der Waals surface area contributed by atoms with E-state index in [9.17, 15) is 18.0 Å². The van der Waals surface area contributed by atoms with Crippen LogP contribution in [0.15, 0.2) is 65.1 Å².